The van der Waals surface area contributed by atoms with Crippen LogP contribution in [0.25, 0.3) is 0 Å². The van der Waals surface area contributed by atoms with Crippen molar-refractivity contribution in [2.75, 3.05) is 19.6 Å². The van der Waals surface area contributed by atoms with Crippen molar-refractivity contribution >= 4 is 14.4 Å². The van der Waals surface area contributed by atoms with Crippen molar-refractivity contribution in [3.8, 4) is 0 Å². The number of amides is 1. The van der Waals surface area contributed by atoms with Crippen molar-refractivity contribution in [2.24, 2.45) is 0 Å². The van der Waals surface area contributed by atoms with E-state index in [4.69, 9.17) is 9.53 Å². The van der Waals surface area contributed by atoms with Gasteiger partial charge in [0, 0.05) is 31.8 Å². The maximum atomic E-state index is 11.0. The highest BCUT2D eigenvalue weighted by molar-refractivity contribution is 6.77. The molecule has 154 valence electrons. The smallest absolute Gasteiger partial charge is 0.407 e. The van der Waals surface area contributed by atoms with Crippen LogP contribution in [0.4, 0.5) is 4.79 Å². The second kappa shape index (κ2) is 10.7. The molecule has 1 fully saturated rings. The van der Waals surface area contributed by atoms with Crippen LogP contribution in [0.2, 0.25) is 16.6 Å². The summed E-state index contributed by atoms with van der Waals surface area (Å²) >= 11 is 0. The molecule has 0 aromatic heterocycles. The number of likely N-dealkylation sites (N-methyl/N-ethyl adjacent to an activating group) is 1. The van der Waals surface area contributed by atoms with Crippen LogP contribution in [0.5, 0.6) is 0 Å². The maximum absolute atomic E-state index is 11.0. The fourth-order valence-electron chi connectivity index (χ4n) is 4.87. The van der Waals surface area contributed by atoms with Crippen LogP contribution in [0.3, 0.4) is 0 Å². The molecular formula is C20H42N2O3Si. The Morgan fingerprint density at radius 1 is 1.08 bits per heavy atom. The van der Waals surface area contributed by atoms with Gasteiger partial charge in [-0.25, -0.2) is 4.79 Å². The van der Waals surface area contributed by atoms with Crippen molar-refractivity contribution < 1.29 is 14.3 Å². The minimum absolute atomic E-state index is 0.401. The Hall–Kier alpha value is -0.593. The SMILES string of the molecule is CCN(CCN[C@H]1CC[C@H](O[Si](C(C)C)(C(C)C)C(C)C)CC1)C(=O)O. The lowest BCUT2D eigenvalue weighted by Crippen LogP contribution is -2.51. The van der Waals surface area contributed by atoms with Crippen LogP contribution in [0, 0.1) is 0 Å². The Morgan fingerprint density at radius 3 is 1.96 bits per heavy atom. The van der Waals surface area contributed by atoms with Gasteiger partial charge in [0.1, 0.15) is 0 Å². The first-order valence-corrected chi connectivity index (χ1v) is 12.7. The normalized spacial score (nSPS) is 21.6. The molecule has 2 N–H and O–H groups in total. The Bertz CT molecular complexity index is 400. The zero-order chi connectivity index (χ0) is 19.9. The first kappa shape index (κ1) is 23.4. The van der Waals surface area contributed by atoms with Crippen molar-refractivity contribution in [3.63, 3.8) is 0 Å². The molecule has 1 amide bonds. The van der Waals surface area contributed by atoms with E-state index in [1.807, 2.05) is 6.92 Å². The molecule has 0 radical (unpaired) electrons. The first-order valence-electron chi connectivity index (χ1n) is 10.5. The average Bonchev–Trinajstić information content (AvgIpc) is 2.56. The maximum Gasteiger partial charge on any atom is 0.407 e. The van der Waals surface area contributed by atoms with Crippen LogP contribution >= 0.6 is 0 Å². The summed E-state index contributed by atoms with van der Waals surface area (Å²) in [7, 11) is -1.79. The summed E-state index contributed by atoms with van der Waals surface area (Å²) in [5, 5.41) is 12.6. The molecule has 0 spiro atoms. The van der Waals surface area contributed by atoms with Crippen molar-refractivity contribution in [1.29, 1.82) is 0 Å². The van der Waals surface area contributed by atoms with E-state index in [1.54, 1.807) is 0 Å². The van der Waals surface area contributed by atoms with Crippen LogP contribution < -0.4 is 5.32 Å². The highest BCUT2D eigenvalue weighted by Crippen LogP contribution is 2.44. The van der Waals surface area contributed by atoms with Crippen LogP contribution in [-0.4, -0.2) is 56.2 Å². The van der Waals surface area contributed by atoms with Gasteiger partial charge in [-0.2, -0.15) is 0 Å². The number of carboxylic acid groups (broad SMARTS) is 1. The molecule has 0 atom stereocenters. The van der Waals surface area contributed by atoms with Gasteiger partial charge in [-0.3, -0.25) is 0 Å². The molecule has 5 nitrogen and oxygen atoms in total. The summed E-state index contributed by atoms with van der Waals surface area (Å²) < 4.78 is 6.93. The predicted octanol–water partition coefficient (Wildman–Crippen LogP) is 5.08. The number of hydrogen-bond acceptors (Lipinski definition) is 3. The van der Waals surface area contributed by atoms with E-state index in [2.05, 4.69) is 46.9 Å². The number of nitrogens with zero attached hydrogens (tertiary/aromatic N) is 1. The van der Waals surface area contributed by atoms with Gasteiger partial charge in [0.05, 0.1) is 0 Å². The molecule has 0 aromatic carbocycles. The summed E-state index contributed by atoms with van der Waals surface area (Å²) in [6.45, 7) is 17.8. The second-order valence-electron chi connectivity index (χ2n) is 8.73. The predicted molar refractivity (Wildman–Crippen MR) is 111 cm³/mol. The summed E-state index contributed by atoms with van der Waals surface area (Å²) in [5.74, 6) is 0. The Morgan fingerprint density at radius 2 is 1.58 bits per heavy atom. The molecule has 0 bridgehead atoms. The van der Waals surface area contributed by atoms with Gasteiger partial charge in [0.25, 0.3) is 0 Å². The van der Waals surface area contributed by atoms with Gasteiger partial charge >= 0.3 is 6.09 Å². The number of nitrogens with one attached hydrogen (secondary N) is 1. The first-order chi connectivity index (χ1) is 12.1. The molecule has 26 heavy (non-hydrogen) atoms. The minimum Gasteiger partial charge on any atom is -0.465 e. The topological polar surface area (TPSA) is 61.8 Å². The van der Waals surface area contributed by atoms with E-state index in [1.165, 1.54) is 4.90 Å². The lowest BCUT2D eigenvalue weighted by Gasteiger charge is -2.46. The molecule has 0 unspecified atom stereocenters. The largest absolute Gasteiger partial charge is 0.465 e. The van der Waals surface area contributed by atoms with Gasteiger partial charge in [-0.1, -0.05) is 41.5 Å². The third-order valence-electron chi connectivity index (χ3n) is 6.22. The third kappa shape index (κ3) is 5.96. The fraction of sp³-hybridized carbons (Fsp3) is 0.950. The van der Waals surface area contributed by atoms with Crippen molar-refractivity contribution in [2.45, 2.75) is 103 Å². The molecule has 0 saturated heterocycles. The highest BCUT2D eigenvalue weighted by atomic mass is 28.4. The van der Waals surface area contributed by atoms with Gasteiger partial charge in [-0.15, -0.1) is 0 Å². The van der Waals surface area contributed by atoms with Crippen LogP contribution in [-0.2, 0) is 4.43 Å². The number of rotatable bonds is 10. The standard InChI is InChI=1S/C20H42N2O3Si/c1-8-22(20(23)24)14-13-21-18-9-11-19(12-10-18)25-26(15(2)3,16(4)5)17(6)7/h15-19,21H,8-14H2,1-7H3,(H,23,24)/t18-,19-. The van der Waals surface area contributed by atoms with Gasteiger partial charge in [-0.05, 0) is 49.2 Å². The molecule has 0 aromatic rings. The van der Waals surface area contributed by atoms with E-state index in [0.29, 0.717) is 41.9 Å². The Balaban J connectivity index is 2.49. The quantitative estimate of drug-likeness (QED) is 0.514. The lowest BCUT2D eigenvalue weighted by atomic mass is 9.93. The van der Waals surface area contributed by atoms with Crippen molar-refractivity contribution in [1.82, 2.24) is 10.2 Å². The zero-order valence-electron chi connectivity index (χ0n) is 18.0. The molecule has 1 aliphatic carbocycles. The van der Waals surface area contributed by atoms with E-state index in [9.17, 15) is 4.79 Å². The average molecular weight is 387 g/mol. The fourth-order valence-corrected chi connectivity index (χ4v) is 10.5. The molecule has 0 heterocycles. The summed E-state index contributed by atoms with van der Waals surface area (Å²) in [5.41, 5.74) is 1.90. The van der Waals surface area contributed by atoms with Gasteiger partial charge in [0.15, 0.2) is 0 Å². The molecule has 1 rings (SSSR count). The zero-order valence-corrected chi connectivity index (χ0v) is 19.0. The van der Waals surface area contributed by atoms with Gasteiger partial charge in [0.2, 0.25) is 8.32 Å². The number of hydrogen-bond donors (Lipinski definition) is 2. The van der Waals surface area contributed by atoms with E-state index in [-0.39, 0.29) is 0 Å². The number of carbonyl (C=O) groups is 1. The minimum atomic E-state index is -1.79. The lowest BCUT2D eigenvalue weighted by molar-refractivity contribution is 0.117. The van der Waals surface area contributed by atoms with Crippen LogP contribution in [0.15, 0.2) is 0 Å². The van der Waals surface area contributed by atoms with E-state index >= 15 is 0 Å². The third-order valence-corrected chi connectivity index (χ3v) is 12.4. The Kier molecular flexibility index (Phi) is 9.62. The highest BCUT2D eigenvalue weighted by Gasteiger charge is 2.46. The molecule has 0 aliphatic heterocycles. The Labute approximate surface area is 162 Å². The molecular weight excluding hydrogens is 344 g/mol. The monoisotopic (exact) mass is 386 g/mol. The van der Waals surface area contributed by atoms with Crippen molar-refractivity contribution in [3.05, 3.63) is 0 Å². The second-order valence-corrected chi connectivity index (χ2v) is 14.1. The van der Waals surface area contributed by atoms with Crippen LogP contribution in [0.1, 0.15) is 74.1 Å². The summed E-state index contributed by atoms with van der Waals surface area (Å²) in [4.78, 5) is 12.5. The molecule has 1 saturated carbocycles. The molecule has 6 heteroatoms. The van der Waals surface area contributed by atoms with E-state index < -0.39 is 14.4 Å². The van der Waals surface area contributed by atoms with Gasteiger partial charge < -0.3 is 19.7 Å². The molecule has 1 aliphatic rings. The summed E-state index contributed by atoms with van der Waals surface area (Å²) in [6.07, 6.45) is 4.07. The van der Waals surface area contributed by atoms with E-state index in [0.717, 1.165) is 32.2 Å². The summed E-state index contributed by atoms with van der Waals surface area (Å²) in [6, 6.07) is 0.496.